The van der Waals surface area contributed by atoms with Crippen molar-refractivity contribution >= 4 is 17.5 Å². The third-order valence-electron chi connectivity index (χ3n) is 6.45. The van der Waals surface area contributed by atoms with Crippen LogP contribution >= 0.6 is 0 Å². The fraction of sp³-hybridized carbons (Fsp3) is 0.444. The number of allylic oxidation sites excluding steroid dienone is 1. The number of hydrogen-bond acceptors (Lipinski definition) is 5. The van der Waals surface area contributed by atoms with Crippen LogP contribution in [0, 0.1) is 0 Å². The van der Waals surface area contributed by atoms with E-state index in [1.165, 1.54) is 32.1 Å². The van der Waals surface area contributed by atoms with Crippen molar-refractivity contribution in [3.8, 4) is 11.5 Å². The maximum Gasteiger partial charge on any atom is 0.189 e. The van der Waals surface area contributed by atoms with E-state index >= 15 is 0 Å². The SMILES string of the molecule is COc1cc2c(cc1OCCNC1CCCCC1)C(=O)/C(=C/c1ccc(N(C)C)cc1)C2. The second kappa shape index (κ2) is 10.2. The zero-order valence-corrected chi connectivity index (χ0v) is 19.4. The van der Waals surface area contributed by atoms with Crippen LogP contribution in [0.5, 0.6) is 11.5 Å². The minimum atomic E-state index is 0.0736. The number of ketones is 1. The molecule has 4 rings (SSSR count). The second-order valence-electron chi connectivity index (χ2n) is 8.96. The van der Waals surface area contributed by atoms with Crippen LogP contribution in [0.2, 0.25) is 0 Å². The number of anilines is 1. The van der Waals surface area contributed by atoms with Crippen molar-refractivity contribution in [1.82, 2.24) is 5.32 Å². The Morgan fingerprint density at radius 1 is 1.06 bits per heavy atom. The van der Waals surface area contributed by atoms with Gasteiger partial charge in [0.15, 0.2) is 17.3 Å². The van der Waals surface area contributed by atoms with E-state index in [2.05, 4.69) is 22.3 Å². The Labute approximate surface area is 191 Å². The monoisotopic (exact) mass is 434 g/mol. The highest BCUT2D eigenvalue weighted by molar-refractivity contribution is 6.15. The molecule has 0 amide bonds. The molecule has 2 aliphatic carbocycles. The van der Waals surface area contributed by atoms with Crippen LogP contribution in [0.15, 0.2) is 42.0 Å². The zero-order valence-electron chi connectivity index (χ0n) is 19.4. The molecule has 0 spiro atoms. The van der Waals surface area contributed by atoms with Crippen molar-refractivity contribution in [3.63, 3.8) is 0 Å². The molecule has 0 aromatic heterocycles. The maximum atomic E-state index is 13.1. The van der Waals surface area contributed by atoms with Crippen LogP contribution in [-0.4, -0.2) is 46.2 Å². The fourth-order valence-corrected chi connectivity index (χ4v) is 4.61. The minimum absolute atomic E-state index is 0.0736. The molecule has 2 aromatic rings. The molecule has 2 aromatic carbocycles. The summed E-state index contributed by atoms with van der Waals surface area (Å²) in [5, 5.41) is 3.59. The Morgan fingerprint density at radius 3 is 2.50 bits per heavy atom. The van der Waals surface area contributed by atoms with Crippen LogP contribution in [-0.2, 0) is 6.42 Å². The van der Waals surface area contributed by atoms with E-state index in [0.717, 1.165) is 34.5 Å². The first-order valence-electron chi connectivity index (χ1n) is 11.6. The van der Waals surface area contributed by atoms with Gasteiger partial charge < -0.3 is 19.7 Å². The highest BCUT2D eigenvalue weighted by Gasteiger charge is 2.27. The number of carbonyl (C=O) groups excluding carboxylic acids is 1. The van der Waals surface area contributed by atoms with Crippen LogP contribution in [0.3, 0.4) is 0 Å². The lowest BCUT2D eigenvalue weighted by Gasteiger charge is -2.23. The smallest absolute Gasteiger partial charge is 0.189 e. The van der Waals surface area contributed by atoms with E-state index in [9.17, 15) is 4.79 Å². The number of fused-ring (bicyclic) bond motifs is 1. The number of benzene rings is 2. The van der Waals surface area contributed by atoms with Crippen molar-refractivity contribution < 1.29 is 14.3 Å². The third kappa shape index (κ3) is 5.16. The number of nitrogens with one attached hydrogen (secondary N) is 1. The molecule has 5 nitrogen and oxygen atoms in total. The molecule has 0 unspecified atom stereocenters. The van der Waals surface area contributed by atoms with E-state index in [4.69, 9.17) is 9.47 Å². The van der Waals surface area contributed by atoms with Crippen molar-refractivity contribution in [2.24, 2.45) is 0 Å². The molecule has 0 heterocycles. The molecule has 0 aliphatic heterocycles. The zero-order chi connectivity index (χ0) is 22.5. The van der Waals surface area contributed by atoms with Gasteiger partial charge >= 0.3 is 0 Å². The lowest BCUT2D eigenvalue weighted by molar-refractivity contribution is 0.104. The number of carbonyl (C=O) groups is 1. The summed E-state index contributed by atoms with van der Waals surface area (Å²) in [5.74, 6) is 1.40. The van der Waals surface area contributed by atoms with Gasteiger partial charge in [-0.15, -0.1) is 0 Å². The molecular formula is C27H34N2O3. The lowest BCUT2D eigenvalue weighted by atomic mass is 9.96. The van der Waals surface area contributed by atoms with Gasteiger partial charge in [-0.05, 0) is 54.3 Å². The number of Topliss-reactive ketones (excluding diaryl/α,β-unsaturated/α-hetero) is 1. The van der Waals surface area contributed by atoms with E-state index in [1.54, 1.807) is 7.11 Å². The van der Waals surface area contributed by atoms with Crippen molar-refractivity contribution in [3.05, 3.63) is 58.7 Å². The summed E-state index contributed by atoms with van der Waals surface area (Å²) >= 11 is 0. The molecule has 1 fully saturated rings. The van der Waals surface area contributed by atoms with E-state index in [0.29, 0.717) is 30.6 Å². The lowest BCUT2D eigenvalue weighted by Crippen LogP contribution is -2.34. The van der Waals surface area contributed by atoms with Crippen LogP contribution in [0.25, 0.3) is 6.08 Å². The first-order valence-corrected chi connectivity index (χ1v) is 11.6. The van der Waals surface area contributed by atoms with Gasteiger partial charge in [0, 0.05) is 49.9 Å². The first kappa shape index (κ1) is 22.4. The number of rotatable bonds is 8. The fourth-order valence-electron chi connectivity index (χ4n) is 4.61. The predicted octanol–water partition coefficient (Wildman–Crippen LogP) is 4.88. The van der Waals surface area contributed by atoms with E-state index in [-0.39, 0.29) is 5.78 Å². The van der Waals surface area contributed by atoms with Crippen LogP contribution in [0.4, 0.5) is 5.69 Å². The quantitative estimate of drug-likeness (QED) is 0.474. The predicted molar refractivity (Wildman–Crippen MR) is 130 cm³/mol. The van der Waals surface area contributed by atoms with Gasteiger partial charge in [0.05, 0.1) is 7.11 Å². The van der Waals surface area contributed by atoms with Gasteiger partial charge in [-0.25, -0.2) is 0 Å². The summed E-state index contributed by atoms with van der Waals surface area (Å²) in [6, 6.07) is 12.6. The standard InChI is InChI=1S/C27H34N2O3/c1-29(2)23-11-9-19(10-12-23)15-21-16-20-17-25(31-3)26(18-24(20)27(21)30)32-14-13-28-22-7-5-4-6-8-22/h9-12,15,17-18,22,28H,4-8,13-14,16H2,1-3H3/b21-15+. The highest BCUT2D eigenvalue weighted by atomic mass is 16.5. The average molecular weight is 435 g/mol. The summed E-state index contributed by atoms with van der Waals surface area (Å²) < 4.78 is 11.6. The van der Waals surface area contributed by atoms with Gasteiger partial charge in [0.2, 0.25) is 0 Å². The number of hydrogen-bond donors (Lipinski definition) is 1. The second-order valence-corrected chi connectivity index (χ2v) is 8.96. The van der Waals surface area contributed by atoms with Gasteiger partial charge in [0.25, 0.3) is 0 Å². The first-order chi connectivity index (χ1) is 15.5. The molecule has 0 saturated heterocycles. The molecule has 32 heavy (non-hydrogen) atoms. The largest absolute Gasteiger partial charge is 0.493 e. The summed E-state index contributed by atoms with van der Waals surface area (Å²) in [4.78, 5) is 15.1. The maximum absolute atomic E-state index is 13.1. The average Bonchev–Trinajstić information content (AvgIpc) is 3.11. The molecule has 0 atom stereocenters. The Hall–Kier alpha value is -2.79. The summed E-state index contributed by atoms with van der Waals surface area (Å²) in [6.07, 6.45) is 9.09. The molecule has 1 saturated carbocycles. The Morgan fingerprint density at radius 2 is 1.81 bits per heavy atom. The topological polar surface area (TPSA) is 50.8 Å². The Bertz CT molecular complexity index is 973. The van der Waals surface area contributed by atoms with E-state index in [1.807, 2.05) is 44.4 Å². The van der Waals surface area contributed by atoms with Gasteiger partial charge in [-0.1, -0.05) is 31.4 Å². The van der Waals surface area contributed by atoms with Crippen molar-refractivity contribution in [2.45, 2.75) is 44.6 Å². The molecule has 1 N–H and O–H groups in total. The summed E-state index contributed by atoms with van der Waals surface area (Å²) in [7, 11) is 5.68. The molecule has 170 valence electrons. The Balaban J connectivity index is 1.43. The van der Waals surface area contributed by atoms with Gasteiger partial charge in [-0.3, -0.25) is 4.79 Å². The molecule has 2 aliphatic rings. The molecule has 0 radical (unpaired) electrons. The molecule has 0 bridgehead atoms. The third-order valence-corrected chi connectivity index (χ3v) is 6.45. The van der Waals surface area contributed by atoms with E-state index < -0.39 is 0 Å². The van der Waals surface area contributed by atoms with Crippen LogP contribution in [0.1, 0.15) is 53.6 Å². The highest BCUT2D eigenvalue weighted by Crippen LogP contribution is 2.37. The molecular weight excluding hydrogens is 400 g/mol. The number of nitrogens with zero attached hydrogens (tertiary/aromatic N) is 1. The normalized spacial score (nSPS) is 17.5. The summed E-state index contributed by atoms with van der Waals surface area (Å²) in [5.41, 5.74) is 4.69. The van der Waals surface area contributed by atoms with Crippen molar-refractivity contribution in [2.75, 3.05) is 39.3 Å². The minimum Gasteiger partial charge on any atom is -0.493 e. The van der Waals surface area contributed by atoms with Gasteiger partial charge in [0.1, 0.15) is 6.61 Å². The number of ether oxygens (including phenoxy) is 2. The van der Waals surface area contributed by atoms with Crippen molar-refractivity contribution in [1.29, 1.82) is 0 Å². The summed E-state index contributed by atoms with van der Waals surface area (Å²) in [6.45, 7) is 1.35. The Kier molecular flexibility index (Phi) is 7.15. The van der Waals surface area contributed by atoms with Gasteiger partial charge in [-0.2, -0.15) is 0 Å². The molecule has 5 heteroatoms. The van der Waals surface area contributed by atoms with Crippen LogP contribution < -0.4 is 19.7 Å². The number of methoxy groups -OCH3 is 1.